The van der Waals surface area contributed by atoms with Gasteiger partial charge in [0.25, 0.3) is 5.91 Å². The number of aromatic nitrogens is 2. The number of nitrogens with one attached hydrogen (secondary N) is 1. The summed E-state index contributed by atoms with van der Waals surface area (Å²) in [6.45, 7) is 5.12. The van der Waals surface area contributed by atoms with Gasteiger partial charge in [0.05, 0.1) is 24.9 Å². The van der Waals surface area contributed by atoms with Crippen molar-refractivity contribution in [2.24, 2.45) is 0 Å². The molecule has 0 bridgehead atoms. The van der Waals surface area contributed by atoms with E-state index in [1.54, 1.807) is 25.3 Å². The van der Waals surface area contributed by atoms with E-state index < -0.39 is 0 Å². The summed E-state index contributed by atoms with van der Waals surface area (Å²) in [5, 5.41) is 7.25. The zero-order valence-electron chi connectivity index (χ0n) is 12.3. The molecule has 1 N–H and O–H groups in total. The average Bonchev–Trinajstić information content (AvgIpc) is 2.77. The molecule has 0 spiro atoms. The Balaban J connectivity index is 1.97. The Hall–Kier alpha value is -1.82. The number of aryl methyl sites for hydroxylation is 2. The third-order valence-electron chi connectivity index (χ3n) is 3.13. The number of ether oxygens (including phenoxy) is 1. The van der Waals surface area contributed by atoms with Crippen LogP contribution in [0, 0.1) is 13.8 Å². The third kappa shape index (κ3) is 3.85. The van der Waals surface area contributed by atoms with Gasteiger partial charge in [0.2, 0.25) is 0 Å². The molecule has 1 aromatic heterocycles. The van der Waals surface area contributed by atoms with Gasteiger partial charge in [-0.25, -0.2) is 0 Å². The minimum atomic E-state index is -0.137. The van der Waals surface area contributed by atoms with Crippen LogP contribution in [0.15, 0.2) is 28.7 Å². The van der Waals surface area contributed by atoms with E-state index in [4.69, 9.17) is 4.74 Å². The summed E-state index contributed by atoms with van der Waals surface area (Å²) in [6, 6.07) is 7.33. The van der Waals surface area contributed by atoms with Gasteiger partial charge in [0.15, 0.2) is 0 Å². The maximum absolute atomic E-state index is 12.2. The standard InChI is InChI=1S/C15H18BrN3O2/c1-10-8-11(2)19(18-10)7-6-17-15(20)13-9-12(21-3)4-5-14(13)16/h4-5,8-9H,6-7H2,1-3H3,(H,17,20). The van der Waals surface area contributed by atoms with Crippen LogP contribution in [-0.4, -0.2) is 29.3 Å². The van der Waals surface area contributed by atoms with Crippen molar-refractivity contribution in [3.8, 4) is 5.75 Å². The summed E-state index contributed by atoms with van der Waals surface area (Å²) in [5.74, 6) is 0.518. The van der Waals surface area contributed by atoms with Crippen LogP contribution in [0.5, 0.6) is 5.75 Å². The molecule has 5 nitrogen and oxygen atoms in total. The molecule has 0 aliphatic carbocycles. The largest absolute Gasteiger partial charge is 0.497 e. The van der Waals surface area contributed by atoms with E-state index >= 15 is 0 Å². The lowest BCUT2D eigenvalue weighted by Crippen LogP contribution is -2.28. The second-order valence-electron chi connectivity index (χ2n) is 4.75. The number of hydrogen-bond acceptors (Lipinski definition) is 3. The number of benzene rings is 1. The highest BCUT2D eigenvalue weighted by atomic mass is 79.9. The fourth-order valence-corrected chi connectivity index (χ4v) is 2.50. The SMILES string of the molecule is COc1ccc(Br)c(C(=O)NCCn2nc(C)cc2C)c1. The average molecular weight is 352 g/mol. The van der Waals surface area contributed by atoms with Gasteiger partial charge in [-0.05, 0) is 54.0 Å². The Morgan fingerprint density at radius 2 is 2.14 bits per heavy atom. The third-order valence-corrected chi connectivity index (χ3v) is 3.82. The van der Waals surface area contributed by atoms with Crippen molar-refractivity contribution in [1.82, 2.24) is 15.1 Å². The summed E-state index contributed by atoms with van der Waals surface area (Å²) in [4.78, 5) is 12.2. The van der Waals surface area contributed by atoms with E-state index in [9.17, 15) is 4.79 Å². The number of methoxy groups -OCH3 is 1. The number of halogens is 1. The molecule has 1 heterocycles. The molecule has 0 fully saturated rings. The summed E-state index contributed by atoms with van der Waals surface area (Å²) < 4.78 is 7.77. The molecule has 6 heteroatoms. The lowest BCUT2D eigenvalue weighted by Gasteiger charge is -2.09. The summed E-state index contributed by atoms with van der Waals surface area (Å²) in [6.07, 6.45) is 0. The van der Waals surface area contributed by atoms with Crippen molar-refractivity contribution in [3.63, 3.8) is 0 Å². The Bertz CT molecular complexity index is 652. The highest BCUT2D eigenvalue weighted by Gasteiger charge is 2.11. The van der Waals surface area contributed by atoms with Crippen molar-refractivity contribution >= 4 is 21.8 Å². The number of hydrogen-bond donors (Lipinski definition) is 1. The van der Waals surface area contributed by atoms with Crippen LogP contribution in [0.3, 0.4) is 0 Å². The van der Waals surface area contributed by atoms with E-state index in [1.165, 1.54) is 0 Å². The Morgan fingerprint density at radius 1 is 1.38 bits per heavy atom. The second kappa shape index (κ2) is 6.76. The van der Waals surface area contributed by atoms with Crippen LogP contribution in [0.25, 0.3) is 0 Å². The monoisotopic (exact) mass is 351 g/mol. The first-order valence-electron chi connectivity index (χ1n) is 6.64. The number of carbonyl (C=O) groups is 1. The molecular formula is C15H18BrN3O2. The van der Waals surface area contributed by atoms with Gasteiger partial charge >= 0.3 is 0 Å². The van der Waals surface area contributed by atoms with Gasteiger partial charge in [-0.2, -0.15) is 5.10 Å². The predicted molar refractivity (Wildman–Crippen MR) is 84.7 cm³/mol. The topological polar surface area (TPSA) is 56.1 Å². The maximum atomic E-state index is 12.2. The minimum Gasteiger partial charge on any atom is -0.497 e. The summed E-state index contributed by atoms with van der Waals surface area (Å²) in [7, 11) is 1.58. The van der Waals surface area contributed by atoms with Crippen molar-refractivity contribution in [3.05, 3.63) is 45.7 Å². The highest BCUT2D eigenvalue weighted by molar-refractivity contribution is 9.10. The van der Waals surface area contributed by atoms with E-state index in [2.05, 4.69) is 26.3 Å². The van der Waals surface area contributed by atoms with Crippen LogP contribution in [-0.2, 0) is 6.54 Å². The Morgan fingerprint density at radius 3 is 2.76 bits per heavy atom. The molecular weight excluding hydrogens is 334 g/mol. The number of nitrogens with zero attached hydrogens (tertiary/aromatic N) is 2. The van der Waals surface area contributed by atoms with Crippen LogP contribution in [0.2, 0.25) is 0 Å². The molecule has 0 radical (unpaired) electrons. The quantitative estimate of drug-likeness (QED) is 0.900. The number of amides is 1. The second-order valence-corrected chi connectivity index (χ2v) is 5.61. The van der Waals surface area contributed by atoms with Crippen LogP contribution >= 0.6 is 15.9 Å². The molecule has 0 aliphatic heterocycles. The highest BCUT2D eigenvalue weighted by Crippen LogP contribution is 2.22. The number of carbonyl (C=O) groups excluding carboxylic acids is 1. The first-order valence-corrected chi connectivity index (χ1v) is 7.43. The van der Waals surface area contributed by atoms with Gasteiger partial charge in [0.1, 0.15) is 5.75 Å². The van der Waals surface area contributed by atoms with Crippen molar-refractivity contribution in [2.75, 3.05) is 13.7 Å². The predicted octanol–water partition coefficient (Wildman–Crippen LogP) is 2.70. The minimum absolute atomic E-state index is 0.137. The molecule has 21 heavy (non-hydrogen) atoms. The molecule has 112 valence electrons. The molecule has 0 atom stereocenters. The van der Waals surface area contributed by atoms with Gasteiger partial charge in [-0.3, -0.25) is 9.48 Å². The smallest absolute Gasteiger partial charge is 0.252 e. The lowest BCUT2D eigenvalue weighted by atomic mass is 10.2. The van der Waals surface area contributed by atoms with E-state index in [-0.39, 0.29) is 5.91 Å². The molecule has 0 aliphatic rings. The van der Waals surface area contributed by atoms with Gasteiger partial charge < -0.3 is 10.1 Å². The summed E-state index contributed by atoms with van der Waals surface area (Å²) >= 11 is 3.38. The van der Waals surface area contributed by atoms with Gasteiger partial charge in [0, 0.05) is 16.7 Å². The molecule has 1 amide bonds. The molecule has 0 unspecified atom stereocenters. The van der Waals surface area contributed by atoms with E-state index in [0.29, 0.717) is 24.4 Å². The van der Waals surface area contributed by atoms with Crippen LogP contribution in [0.1, 0.15) is 21.7 Å². The maximum Gasteiger partial charge on any atom is 0.252 e. The van der Waals surface area contributed by atoms with Crippen LogP contribution in [0.4, 0.5) is 0 Å². The zero-order valence-corrected chi connectivity index (χ0v) is 13.9. The normalized spacial score (nSPS) is 10.5. The molecule has 2 rings (SSSR count). The van der Waals surface area contributed by atoms with Gasteiger partial charge in [-0.1, -0.05) is 0 Å². The fourth-order valence-electron chi connectivity index (χ4n) is 2.08. The molecule has 0 saturated carbocycles. The van der Waals surface area contributed by atoms with Crippen molar-refractivity contribution in [1.29, 1.82) is 0 Å². The van der Waals surface area contributed by atoms with E-state index in [1.807, 2.05) is 24.6 Å². The van der Waals surface area contributed by atoms with Crippen molar-refractivity contribution in [2.45, 2.75) is 20.4 Å². The molecule has 0 saturated heterocycles. The van der Waals surface area contributed by atoms with Crippen LogP contribution < -0.4 is 10.1 Å². The summed E-state index contributed by atoms with van der Waals surface area (Å²) in [5.41, 5.74) is 2.63. The zero-order chi connectivity index (χ0) is 15.4. The van der Waals surface area contributed by atoms with E-state index in [0.717, 1.165) is 15.9 Å². The number of rotatable bonds is 5. The van der Waals surface area contributed by atoms with Gasteiger partial charge in [-0.15, -0.1) is 0 Å². The first kappa shape index (κ1) is 15.6. The molecule has 1 aromatic carbocycles. The first-order chi connectivity index (χ1) is 10.0. The fraction of sp³-hybridized carbons (Fsp3) is 0.333. The molecule has 2 aromatic rings. The Kier molecular flexibility index (Phi) is 5.01. The Labute approximate surface area is 132 Å². The van der Waals surface area contributed by atoms with Crippen molar-refractivity contribution < 1.29 is 9.53 Å². The lowest BCUT2D eigenvalue weighted by molar-refractivity contribution is 0.0950.